The van der Waals surface area contributed by atoms with Gasteiger partial charge in [-0.3, -0.25) is 0 Å². The summed E-state index contributed by atoms with van der Waals surface area (Å²) in [6, 6.07) is 0. The summed E-state index contributed by atoms with van der Waals surface area (Å²) in [5.41, 5.74) is 0. The molecule has 7 nitrogen and oxygen atoms in total. The Balaban J connectivity index is 3.23. The first-order valence-corrected chi connectivity index (χ1v) is 6.06. The average Bonchev–Trinajstić information content (AvgIpc) is 2.35. The Hall–Kier alpha value is -0.215. The molecule has 0 aliphatic carbocycles. The van der Waals surface area contributed by atoms with E-state index in [0.717, 1.165) is 0 Å². The van der Waals surface area contributed by atoms with Crippen LogP contribution in [-0.4, -0.2) is 74.8 Å². The van der Waals surface area contributed by atoms with E-state index in [0.29, 0.717) is 46.1 Å². The van der Waals surface area contributed by atoms with Crippen LogP contribution in [0.1, 0.15) is 13.3 Å². The van der Waals surface area contributed by atoms with Crippen molar-refractivity contribution in [1.82, 2.24) is 0 Å². The Morgan fingerprint density at radius 2 is 1.50 bits per heavy atom. The first-order valence-electron chi connectivity index (χ1n) is 6.06. The predicted molar refractivity (Wildman–Crippen MR) is 64.9 cm³/mol. The molecule has 0 amide bonds. The molecule has 0 fully saturated rings. The van der Waals surface area contributed by atoms with Gasteiger partial charge >= 0.3 is 7.32 Å². The van der Waals surface area contributed by atoms with Gasteiger partial charge in [0.25, 0.3) is 0 Å². The second kappa shape index (κ2) is 13.2. The highest BCUT2D eigenvalue weighted by molar-refractivity contribution is 6.32. The van der Waals surface area contributed by atoms with Gasteiger partial charge in [0.05, 0.1) is 52.4 Å². The molecule has 18 heavy (non-hydrogen) atoms. The lowest BCUT2D eigenvalue weighted by Crippen LogP contribution is -2.29. The first-order chi connectivity index (χ1) is 8.70. The van der Waals surface area contributed by atoms with Gasteiger partial charge in [-0.1, -0.05) is 6.92 Å². The van der Waals surface area contributed by atoms with Gasteiger partial charge in [0.15, 0.2) is 0 Å². The van der Waals surface area contributed by atoms with E-state index in [9.17, 15) is 0 Å². The number of aliphatic hydroxyl groups excluding tert-OH is 1. The summed E-state index contributed by atoms with van der Waals surface area (Å²) in [7, 11) is -1.77. The Labute approximate surface area is 108 Å². The molecular formula is C10H23BO7. The lowest BCUT2D eigenvalue weighted by Gasteiger charge is -2.15. The summed E-state index contributed by atoms with van der Waals surface area (Å²) >= 11 is 0. The maximum atomic E-state index is 8.62. The normalized spacial score (nSPS) is 12.7. The van der Waals surface area contributed by atoms with E-state index in [4.69, 9.17) is 34.0 Å². The molecular weight excluding hydrogens is 243 g/mol. The molecule has 0 bridgehead atoms. The third-order valence-electron chi connectivity index (χ3n) is 2.05. The lowest BCUT2D eigenvalue weighted by atomic mass is 10.2. The van der Waals surface area contributed by atoms with Crippen LogP contribution < -0.4 is 0 Å². The Morgan fingerprint density at radius 1 is 0.944 bits per heavy atom. The highest BCUT2D eigenvalue weighted by atomic mass is 16.6. The molecule has 0 aromatic carbocycles. The standard InChI is InChI=1S/C10H23BO7/c1-2-10(18-11(13)14)9-17-8-7-16-6-5-15-4-3-12/h10,12-14H,2-9H2,1H3. The fourth-order valence-electron chi connectivity index (χ4n) is 1.14. The summed E-state index contributed by atoms with van der Waals surface area (Å²) < 4.78 is 20.2. The van der Waals surface area contributed by atoms with Crippen LogP contribution in [0, 0.1) is 0 Å². The molecule has 1 unspecified atom stereocenters. The molecule has 0 aromatic rings. The maximum absolute atomic E-state index is 8.62. The fraction of sp³-hybridized carbons (Fsp3) is 1.00. The molecule has 0 saturated carbocycles. The lowest BCUT2D eigenvalue weighted by molar-refractivity contribution is -0.0160. The van der Waals surface area contributed by atoms with Crippen LogP contribution in [-0.2, 0) is 18.9 Å². The van der Waals surface area contributed by atoms with Crippen molar-refractivity contribution in [2.75, 3.05) is 46.2 Å². The van der Waals surface area contributed by atoms with Gasteiger partial charge in [-0.15, -0.1) is 0 Å². The van der Waals surface area contributed by atoms with Crippen LogP contribution in [0.25, 0.3) is 0 Å². The van der Waals surface area contributed by atoms with Crippen molar-refractivity contribution < 1.29 is 34.0 Å². The van der Waals surface area contributed by atoms with E-state index in [1.54, 1.807) is 0 Å². The zero-order valence-electron chi connectivity index (χ0n) is 10.8. The van der Waals surface area contributed by atoms with E-state index in [-0.39, 0.29) is 12.7 Å². The van der Waals surface area contributed by atoms with E-state index in [1.807, 2.05) is 6.92 Å². The number of ether oxygens (including phenoxy) is 3. The zero-order chi connectivity index (χ0) is 13.6. The van der Waals surface area contributed by atoms with Crippen LogP contribution in [0.5, 0.6) is 0 Å². The molecule has 108 valence electrons. The SMILES string of the molecule is CCC(COCCOCCOCCO)OB(O)O. The van der Waals surface area contributed by atoms with Gasteiger partial charge in [0.2, 0.25) is 0 Å². The molecule has 3 N–H and O–H groups in total. The third kappa shape index (κ3) is 12.2. The van der Waals surface area contributed by atoms with E-state index in [1.165, 1.54) is 0 Å². The second-order valence-electron chi connectivity index (χ2n) is 3.52. The topological polar surface area (TPSA) is 97.6 Å². The van der Waals surface area contributed by atoms with Gasteiger partial charge in [-0.05, 0) is 6.42 Å². The van der Waals surface area contributed by atoms with Crippen LogP contribution in [0.4, 0.5) is 0 Å². The minimum absolute atomic E-state index is 0.0121. The van der Waals surface area contributed by atoms with Gasteiger partial charge in [-0.2, -0.15) is 0 Å². The highest BCUT2D eigenvalue weighted by Crippen LogP contribution is 1.99. The van der Waals surface area contributed by atoms with Crippen molar-refractivity contribution in [2.24, 2.45) is 0 Å². The molecule has 8 heteroatoms. The minimum Gasteiger partial charge on any atom is -0.402 e. The molecule has 0 radical (unpaired) electrons. The number of hydrogen-bond acceptors (Lipinski definition) is 7. The molecule has 0 aliphatic heterocycles. The average molecular weight is 266 g/mol. The van der Waals surface area contributed by atoms with Crippen molar-refractivity contribution in [2.45, 2.75) is 19.4 Å². The van der Waals surface area contributed by atoms with E-state index in [2.05, 4.69) is 0 Å². The Morgan fingerprint density at radius 3 is 2.00 bits per heavy atom. The van der Waals surface area contributed by atoms with Gasteiger partial charge in [-0.25, -0.2) is 0 Å². The summed E-state index contributed by atoms with van der Waals surface area (Å²) in [6.45, 7) is 4.22. The summed E-state index contributed by atoms with van der Waals surface area (Å²) in [4.78, 5) is 0. The minimum atomic E-state index is -1.77. The molecule has 0 aromatic heterocycles. The molecule has 0 heterocycles. The Kier molecular flexibility index (Phi) is 13.1. The van der Waals surface area contributed by atoms with Crippen molar-refractivity contribution in [3.63, 3.8) is 0 Å². The number of aliphatic hydroxyl groups is 1. The molecule has 1 atom stereocenters. The maximum Gasteiger partial charge on any atom is 0.634 e. The fourth-order valence-corrected chi connectivity index (χ4v) is 1.14. The Bertz CT molecular complexity index is 170. The largest absolute Gasteiger partial charge is 0.634 e. The quantitative estimate of drug-likeness (QED) is 0.284. The molecule has 0 aliphatic rings. The van der Waals surface area contributed by atoms with Gasteiger partial charge in [0, 0.05) is 0 Å². The monoisotopic (exact) mass is 266 g/mol. The van der Waals surface area contributed by atoms with E-state index >= 15 is 0 Å². The van der Waals surface area contributed by atoms with Crippen molar-refractivity contribution in [3.8, 4) is 0 Å². The van der Waals surface area contributed by atoms with E-state index < -0.39 is 7.32 Å². The summed E-state index contributed by atoms with van der Waals surface area (Å²) in [5.74, 6) is 0. The summed E-state index contributed by atoms with van der Waals surface area (Å²) in [6.07, 6.45) is 0.297. The number of hydrogen-bond donors (Lipinski definition) is 3. The second-order valence-corrected chi connectivity index (χ2v) is 3.52. The number of rotatable bonds is 13. The summed E-state index contributed by atoms with van der Waals surface area (Å²) in [5, 5.41) is 25.7. The van der Waals surface area contributed by atoms with Crippen LogP contribution in [0.2, 0.25) is 0 Å². The first kappa shape index (κ1) is 17.8. The molecule has 0 rings (SSSR count). The third-order valence-corrected chi connectivity index (χ3v) is 2.05. The van der Waals surface area contributed by atoms with Crippen LogP contribution in [0.3, 0.4) is 0 Å². The van der Waals surface area contributed by atoms with Crippen molar-refractivity contribution >= 4 is 7.32 Å². The van der Waals surface area contributed by atoms with Gasteiger partial charge < -0.3 is 34.0 Å². The van der Waals surface area contributed by atoms with Crippen molar-refractivity contribution in [1.29, 1.82) is 0 Å². The smallest absolute Gasteiger partial charge is 0.402 e. The highest BCUT2D eigenvalue weighted by Gasteiger charge is 2.16. The molecule has 0 saturated heterocycles. The van der Waals surface area contributed by atoms with Crippen LogP contribution >= 0.6 is 0 Å². The van der Waals surface area contributed by atoms with Gasteiger partial charge in [0.1, 0.15) is 0 Å². The van der Waals surface area contributed by atoms with Crippen LogP contribution in [0.15, 0.2) is 0 Å². The van der Waals surface area contributed by atoms with Crippen molar-refractivity contribution in [3.05, 3.63) is 0 Å². The molecule has 0 spiro atoms. The predicted octanol–water partition coefficient (Wildman–Crippen LogP) is -1.21. The zero-order valence-corrected chi connectivity index (χ0v) is 10.8.